The van der Waals surface area contributed by atoms with Gasteiger partial charge in [-0.25, -0.2) is 0 Å². The summed E-state index contributed by atoms with van der Waals surface area (Å²) in [6, 6.07) is 0.118. The van der Waals surface area contributed by atoms with Gasteiger partial charge >= 0.3 is 0 Å². The van der Waals surface area contributed by atoms with E-state index in [0.29, 0.717) is 5.92 Å². The second-order valence-corrected chi connectivity index (χ2v) is 6.69. The maximum absolute atomic E-state index is 11.4. The van der Waals surface area contributed by atoms with Crippen LogP contribution in [0.5, 0.6) is 0 Å². The highest BCUT2D eigenvalue weighted by molar-refractivity contribution is 5.75. The predicted molar refractivity (Wildman–Crippen MR) is 69.8 cm³/mol. The van der Waals surface area contributed by atoms with E-state index in [9.17, 15) is 9.59 Å². The van der Waals surface area contributed by atoms with E-state index in [-0.39, 0.29) is 34.7 Å². The van der Waals surface area contributed by atoms with E-state index < -0.39 is 0 Å². The van der Waals surface area contributed by atoms with Crippen LogP contribution in [0.3, 0.4) is 0 Å². The van der Waals surface area contributed by atoms with E-state index in [2.05, 4.69) is 31.4 Å². The average molecular weight is 252 g/mol. The van der Waals surface area contributed by atoms with Crippen molar-refractivity contribution >= 4 is 11.8 Å². The molecule has 0 saturated heterocycles. The molecule has 0 heterocycles. The molecule has 0 radical (unpaired) electrons. The van der Waals surface area contributed by atoms with Crippen LogP contribution in [-0.4, -0.2) is 23.9 Å². The van der Waals surface area contributed by atoms with Crippen molar-refractivity contribution in [1.29, 1.82) is 0 Å². The molecule has 0 aliphatic heterocycles. The van der Waals surface area contributed by atoms with Gasteiger partial charge in [0, 0.05) is 13.8 Å². The van der Waals surface area contributed by atoms with E-state index in [1.165, 1.54) is 0 Å². The molecule has 0 aromatic heterocycles. The van der Waals surface area contributed by atoms with Crippen LogP contribution in [-0.2, 0) is 9.59 Å². The van der Waals surface area contributed by atoms with Gasteiger partial charge in [-0.2, -0.15) is 0 Å². The van der Waals surface area contributed by atoms with Gasteiger partial charge in [0.05, 0.1) is 12.1 Å². The van der Waals surface area contributed by atoms with Gasteiger partial charge < -0.3 is 10.6 Å². The van der Waals surface area contributed by atoms with Crippen molar-refractivity contribution in [2.24, 2.45) is 16.7 Å². The second kappa shape index (κ2) is 3.97. The molecule has 2 aliphatic carbocycles. The van der Waals surface area contributed by atoms with Gasteiger partial charge in [-0.05, 0) is 29.6 Å². The van der Waals surface area contributed by atoms with Crippen LogP contribution in [0.15, 0.2) is 0 Å². The third-order valence-corrected chi connectivity index (χ3v) is 5.58. The molecule has 2 aliphatic rings. The summed E-state index contributed by atoms with van der Waals surface area (Å²) in [6.07, 6.45) is 2.25. The van der Waals surface area contributed by atoms with Gasteiger partial charge in [-0.3, -0.25) is 9.59 Å². The molecule has 0 unspecified atom stereocenters. The van der Waals surface area contributed by atoms with Gasteiger partial charge in [0.1, 0.15) is 0 Å². The minimum Gasteiger partial charge on any atom is -0.351 e. The van der Waals surface area contributed by atoms with Crippen molar-refractivity contribution in [2.45, 2.75) is 59.5 Å². The summed E-state index contributed by atoms with van der Waals surface area (Å²) >= 11 is 0. The SMILES string of the molecule is CC(=O)N[C@H]1[C@@H](NC(C)=O)[C@]2(C)CC[C@@H]1C2(C)C. The van der Waals surface area contributed by atoms with Crippen LogP contribution in [0, 0.1) is 16.7 Å². The molecule has 2 fully saturated rings. The first-order valence-electron chi connectivity index (χ1n) is 6.74. The highest BCUT2D eigenvalue weighted by Crippen LogP contribution is 2.65. The molecule has 2 bridgehead atoms. The van der Waals surface area contributed by atoms with E-state index >= 15 is 0 Å². The van der Waals surface area contributed by atoms with Crippen LogP contribution < -0.4 is 10.6 Å². The van der Waals surface area contributed by atoms with Gasteiger partial charge in [0.25, 0.3) is 0 Å². The number of rotatable bonds is 2. The van der Waals surface area contributed by atoms with Crippen molar-refractivity contribution < 1.29 is 9.59 Å². The Bertz CT molecular complexity index is 391. The quantitative estimate of drug-likeness (QED) is 0.781. The number of amides is 2. The van der Waals surface area contributed by atoms with Gasteiger partial charge in [-0.15, -0.1) is 0 Å². The first-order valence-corrected chi connectivity index (χ1v) is 6.74. The lowest BCUT2D eigenvalue weighted by atomic mass is 9.69. The summed E-state index contributed by atoms with van der Waals surface area (Å²) < 4.78 is 0. The van der Waals surface area contributed by atoms with Crippen molar-refractivity contribution in [1.82, 2.24) is 10.6 Å². The van der Waals surface area contributed by atoms with E-state index in [4.69, 9.17) is 0 Å². The summed E-state index contributed by atoms with van der Waals surface area (Å²) in [7, 11) is 0. The molecular formula is C14H24N2O2. The fourth-order valence-electron chi connectivity index (χ4n) is 4.26. The van der Waals surface area contributed by atoms with Crippen LogP contribution in [0.4, 0.5) is 0 Å². The molecule has 4 nitrogen and oxygen atoms in total. The maximum Gasteiger partial charge on any atom is 0.217 e. The van der Waals surface area contributed by atoms with Crippen molar-refractivity contribution in [3.05, 3.63) is 0 Å². The molecule has 4 atom stereocenters. The molecule has 102 valence electrons. The number of fused-ring (bicyclic) bond motifs is 2. The largest absolute Gasteiger partial charge is 0.351 e. The average Bonchev–Trinajstić information content (AvgIpc) is 2.50. The molecule has 0 spiro atoms. The zero-order valence-corrected chi connectivity index (χ0v) is 12.0. The van der Waals surface area contributed by atoms with Crippen LogP contribution in [0.25, 0.3) is 0 Å². The molecule has 0 aromatic rings. The van der Waals surface area contributed by atoms with Crippen molar-refractivity contribution in [2.75, 3.05) is 0 Å². The standard InChI is InChI=1S/C14H24N2O2/c1-8(17)15-11-10-6-7-14(5,13(10,3)4)12(11)16-9(2)18/h10-12H,6-7H2,1-5H3,(H,15,17)(H,16,18)/t10-,11+,12+,14-/m0/s1. The fraction of sp³-hybridized carbons (Fsp3) is 0.857. The Kier molecular flexibility index (Phi) is 2.95. The zero-order valence-electron chi connectivity index (χ0n) is 12.0. The molecule has 0 aromatic carbocycles. The second-order valence-electron chi connectivity index (χ2n) is 6.69. The minimum absolute atomic E-state index is 0.0118. The zero-order chi connectivity index (χ0) is 13.7. The number of nitrogens with one attached hydrogen (secondary N) is 2. The molecule has 4 heteroatoms. The Hall–Kier alpha value is -1.06. The Morgan fingerprint density at radius 2 is 1.61 bits per heavy atom. The van der Waals surface area contributed by atoms with Crippen LogP contribution in [0.1, 0.15) is 47.5 Å². The predicted octanol–water partition coefficient (Wildman–Crippen LogP) is 1.45. The molecule has 2 N–H and O–H groups in total. The number of hydrogen-bond donors (Lipinski definition) is 2. The lowest BCUT2D eigenvalue weighted by Crippen LogP contribution is -2.56. The van der Waals surface area contributed by atoms with Crippen LogP contribution >= 0.6 is 0 Å². The number of carbonyl (C=O) groups excluding carboxylic acids is 2. The maximum atomic E-state index is 11.4. The fourth-order valence-corrected chi connectivity index (χ4v) is 4.26. The lowest BCUT2D eigenvalue weighted by Gasteiger charge is -2.40. The Morgan fingerprint density at radius 1 is 1.06 bits per heavy atom. The highest BCUT2D eigenvalue weighted by Gasteiger charge is 2.66. The highest BCUT2D eigenvalue weighted by atomic mass is 16.2. The lowest BCUT2D eigenvalue weighted by molar-refractivity contribution is -0.123. The van der Waals surface area contributed by atoms with Crippen molar-refractivity contribution in [3.8, 4) is 0 Å². The first kappa shape index (κ1) is 13.4. The van der Waals surface area contributed by atoms with Gasteiger partial charge in [-0.1, -0.05) is 20.8 Å². The first-order chi connectivity index (χ1) is 8.20. The summed E-state index contributed by atoms with van der Waals surface area (Å²) in [4.78, 5) is 22.8. The molecule has 18 heavy (non-hydrogen) atoms. The number of carbonyl (C=O) groups is 2. The molecule has 2 amide bonds. The van der Waals surface area contributed by atoms with Crippen LogP contribution in [0.2, 0.25) is 0 Å². The third kappa shape index (κ3) is 1.65. The number of hydrogen-bond acceptors (Lipinski definition) is 2. The summed E-state index contributed by atoms with van der Waals surface area (Å²) in [5.41, 5.74) is 0.212. The van der Waals surface area contributed by atoms with Gasteiger partial charge in [0.2, 0.25) is 11.8 Å². The summed E-state index contributed by atoms with van der Waals surface area (Å²) in [5, 5.41) is 6.13. The van der Waals surface area contributed by atoms with E-state index in [1.54, 1.807) is 13.8 Å². The van der Waals surface area contributed by atoms with E-state index in [0.717, 1.165) is 12.8 Å². The van der Waals surface area contributed by atoms with Gasteiger partial charge in [0.15, 0.2) is 0 Å². The Labute approximate surface area is 109 Å². The molecular weight excluding hydrogens is 228 g/mol. The topological polar surface area (TPSA) is 58.2 Å². The summed E-state index contributed by atoms with van der Waals surface area (Å²) in [5.74, 6) is 0.422. The molecule has 2 rings (SSSR count). The molecule has 2 saturated carbocycles. The minimum atomic E-state index is -0.0140. The van der Waals surface area contributed by atoms with E-state index in [1.807, 2.05) is 0 Å². The summed E-state index contributed by atoms with van der Waals surface area (Å²) in [6.45, 7) is 9.87. The normalized spacial score (nSPS) is 40.6. The Morgan fingerprint density at radius 3 is 2.11 bits per heavy atom. The third-order valence-electron chi connectivity index (χ3n) is 5.58. The monoisotopic (exact) mass is 252 g/mol. The smallest absolute Gasteiger partial charge is 0.217 e. The van der Waals surface area contributed by atoms with Crippen molar-refractivity contribution in [3.63, 3.8) is 0 Å². The Balaban J connectivity index is 2.34.